The number of carbonyl (C=O) groups excluding carboxylic acids is 1. The van der Waals surface area contributed by atoms with Crippen molar-refractivity contribution >= 4 is 5.91 Å². The maximum Gasteiger partial charge on any atom is 0.245 e. The molecule has 0 aromatic heterocycles. The lowest BCUT2D eigenvalue weighted by Crippen LogP contribution is -2.17. The number of hydrogen-bond acceptors (Lipinski definition) is 2. The van der Waals surface area contributed by atoms with E-state index in [1.165, 1.54) is 6.08 Å². The van der Waals surface area contributed by atoms with Crippen molar-refractivity contribution in [1.29, 1.82) is 5.26 Å². The maximum absolute atomic E-state index is 10.5. The fraction of sp³-hybridized carbons (Fsp3) is 0.429. The lowest BCUT2D eigenvalue weighted by molar-refractivity contribution is -0.115. The summed E-state index contributed by atoms with van der Waals surface area (Å²) >= 11 is 0. The molecule has 0 aromatic rings. The number of hydrogen-bond donors (Lipinski definition) is 1. The van der Waals surface area contributed by atoms with Crippen LogP contribution < -0.4 is 5.73 Å². The van der Waals surface area contributed by atoms with E-state index in [-0.39, 0.29) is 5.92 Å². The van der Waals surface area contributed by atoms with Gasteiger partial charge in [0.15, 0.2) is 0 Å². The number of primary amides is 1. The molecule has 3 nitrogen and oxygen atoms in total. The molecule has 1 amide bonds. The average Bonchev–Trinajstić information content (AvgIpc) is 1.81. The molecule has 0 aliphatic heterocycles. The van der Waals surface area contributed by atoms with Crippen LogP contribution in [0, 0.1) is 17.2 Å². The van der Waals surface area contributed by atoms with E-state index in [0.29, 0.717) is 5.57 Å². The summed E-state index contributed by atoms with van der Waals surface area (Å²) in [6.45, 7) is 3.63. The number of nitriles is 1. The van der Waals surface area contributed by atoms with E-state index in [0.717, 1.165) is 0 Å². The fourth-order valence-corrected chi connectivity index (χ4v) is 0.592. The van der Waals surface area contributed by atoms with Gasteiger partial charge in [-0.3, -0.25) is 4.79 Å². The zero-order chi connectivity index (χ0) is 8.15. The van der Waals surface area contributed by atoms with Crippen LogP contribution in [-0.4, -0.2) is 5.91 Å². The predicted molar refractivity (Wildman–Crippen MR) is 37.7 cm³/mol. The van der Waals surface area contributed by atoms with Gasteiger partial charge in [-0.2, -0.15) is 5.26 Å². The molecule has 0 aliphatic carbocycles. The Morgan fingerprint density at radius 1 is 1.70 bits per heavy atom. The van der Waals surface area contributed by atoms with Crippen molar-refractivity contribution in [2.24, 2.45) is 11.7 Å². The molecular formula is C7H10N2O. The first-order chi connectivity index (χ1) is 4.59. The van der Waals surface area contributed by atoms with Gasteiger partial charge >= 0.3 is 0 Å². The highest BCUT2D eigenvalue weighted by atomic mass is 16.1. The Morgan fingerprint density at radius 2 is 2.20 bits per heavy atom. The van der Waals surface area contributed by atoms with Crippen LogP contribution >= 0.6 is 0 Å². The van der Waals surface area contributed by atoms with Gasteiger partial charge in [-0.05, 0) is 5.92 Å². The first-order valence-corrected chi connectivity index (χ1v) is 2.99. The first kappa shape index (κ1) is 8.70. The van der Waals surface area contributed by atoms with Crippen LogP contribution in [-0.2, 0) is 4.79 Å². The fourth-order valence-electron chi connectivity index (χ4n) is 0.592. The van der Waals surface area contributed by atoms with Crippen molar-refractivity contribution in [3.63, 3.8) is 0 Å². The van der Waals surface area contributed by atoms with Gasteiger partial charge in [-0.1, -0.05) is 13.8 Å². The average molecular weight is 138 g/mol. The molecule has 0 saturated carbocycles. The SMILES string of the molecule is CC(C)C(=CC#N)C(N)=O. The first-order valence-electron chi connectivity index (χ1n) is 2.99. The predicted octanol–water partition coefficient (Wildman–Crippen LogP) is 0.578. The largest absolute Gasteiger partial charge is 0.366 e. The van der Waals surface area contributed by atoms with Crippen molar-refractivity contribution in [3.05, 3.63) is 11.6 Å². The number of carbonyl (C=O) groups is 1. The lowest BCUT2D eigenvalue weighted by atomic mass is 10.0. The van der Waals surface area contributed by atoms with Gasteiger partial charge in [0, 0.05) is 11.6 Å². The highest BCUT2D eigenvalue weighted by molar-refractivity contribution is 5.92. The molecule has 0 aliphatic rings. The second kappa shape index (κ2) is 3.67. The molecule has 0 heterocycles. The van der Waals surface area contributed by atoms with Crippen LogP contribution in [0.25, 0.3) is 0 Å². The Morgan fingerprint density at radius 3 is 2.30 bits per heavy atom. The van der Waals surface area contributed by atoms with Crippen molar-refractivity contribution < 1.29 is 4.79 Å². The van der Waals surface area contributed by atoms with Crippen molar-refractivity contribution in [2.45, 2.75) is 13.8 Å². The van der Waals surface area contributed by atoms with Gasteiger partial charge in [0.2, 0.25) is 5.91 Å². The molecule has 2 N–H and O–H groups in total. The summed E-state index contributed by atoms with van der Waals surface area (Å²) in [5, 5.41) is 8.20. The van der Waals surface area contributed by atoms with Gasteiger partial charge < -0.3 is 5.73 Å². The van der Waals surface area contributed by atoms with Crippen LogP contribution in [0.1, 0.15) is 13.8 Å². The van der Waals surface area contributed by atoms with E-state index >= 15 is 0 Å². The summed E-state index contributed by atoms with van der Waals surface area (Å²) in [5.41, 5.74) is 5.34. The van der Waals surface area contributed by atoms with Gasteiger partial charge in [0.25, 0.3) is 0 Å². The molecule has 0 aromatic carbocycles. The summed E-state index contributed by atoms with van der Waals surface area (Å²) in [6.07, 6.45) is 1.19. The van der Waals surface area contributed by atoms with Crippen LogP contribution in [0.5, 0.6) is 0 Å². The molecule has 0 atom stereocenters. The molecule has 10 heavy (non-hydrogen) atoms. The number of amides is 1. The van der Waals surface area contributed by atoms with E-state index in [9.17, 15) is 4.79 Å². The minimum atomic E-state index is -0.517. The molecule has 0 unspecified atom stereocenters. The summed E-state index contributed by atoms with van der Waals surface area (Å²) in [4.78, 5) is 10.5. The molecule has 0 spiro atoms. The normalized spacial score (nSPS) is 11.2. The summed E-state index contributed by atoms with van der Waals surface area (Å²) in [5.74, 6) is -0.492. The number of rotatable bonds is 2. The van der Waals surface area contributed by atoms with E-state index in [1.54, 1.807) is 6.07 Å². The standard InChI is InChI=1S/C7H10N2O/c1-5(2)6(3-4-8)7(9)10/h3,5H,1-2H3,(H2,9,10). The second-order valence-corrected chi connectivity index (χ2v) is 2.25. The van der Waals surface area contributed by atoms with E-state index < -0.39 is 5.91 Å². The Hall–Kier alpha value is -1.30. The molecule has 0 saturated heterocycles. The third-order valence-corrected chi connectivity index (χ3v) is 1.13. The lowest BCUT2D eigenvalue weighted by Gasteiger charge is -2.02. The van der Waals surface area contributed by atoms with Gasteiger partial charge in [-0.15, -0.1) is 0 Å². The molecule has 0 bridgehead atoms. The van der Waals surface area contributed by atoms with Crippen molar-refractivity contribution in [1.82, 2.24) is 0 Å². The molecule has 3 heteroatoms. The van der Waals surface area contributed by atoms with Gasteiger partial charge in [0.1, 0.15) is 0 Å². The maximum atomic E-state index is 10.5. The minimum Gasteiger partial charge on any atom is -0.366 e. The summed E-state index contributed by atoms with van der Waals surface area (Å²) in [7, 11) is 0. The van der Waals surface area contributed by atoms with Gasteiger partial charge in [-0.25, -0.2) is 0 Å². The Bertz CT molecular complexity index is 198. The molecule has 54 valence electrons. The van der Waals surface area contributed by atoms with Crippen LogP contribution in [0.4, 0.5) is 0 Å². The van der Waals surface area contributed by atoms with Crippen LogP contribution in [0.3, 0.4) is 0 Å². The van der Waals surface area contributed by atoms with Crippen LogP contribution in [0.2, 0.25) is 0 Å². The third-order valence-electron chi connectivity index (χ3n) is 1.13. The zero-order valence-corrected chi connectivity index (χ0v) is 6.09. The second-order valence-electron chi connectivity index (χ2n) is 2.25. The molecule has 0 fully saturated rings. The Labute approximate surface area is 60.1 Å². The number of nitrogens with zero attached hydrogens (tertiary/aromatic N) is 1. The number of allylic oxidation sites excluding steroid dienone is 1. The minimum absolute atomic E-state index is 0.0251. The monoisotopic (exact) mass is 138 g/mol. The highest BCUT2D eigenvalue weighted by Gasteiger charge is 2.07. The Kier molecular flexibility index (Phi) is 3.20. The van der Waals surface area contributed by atoms with E-state index in [1.807, 2.05) is 13.8 Å². The highest BCUT2D eigenvalue weighted by Crippen LogP contribution is 2.06. The van der Waals surface area contributed by atoms with Crippen LogP contribution in [0.15, 0.2) is 11.6 Å². The summed E-state index contributed by atoms with van der Waals surface area (Å²) in [6, 6.07) is 1.77. The zero-order valence-electron chi connectivity index (χ0n) is 6.09. The molecule has 0 rings (SSSR count). The van der Waals surface area contributed by atoms with Gasteiger partial charge in [0.05, 0.1) is 6.07 Å². The van der Waals surface area contributed by atoms with E-state index in [4.69, 9.17) is 11.0 Å². The Balaban J connectivity index is 4.47. The van der Waals surface area contributed by atoms with Crippen molar-refractivity contribution in [2.75, 3.05) is 0 Å². The summed E-state index contributed by atoms with van der Waals surface area (Å²) < 4.78 is 0. The quantitative estimate of drug-likeness (QED) is 0.448. The topological polar surface area (TPSA) is 66.9 Å². The number of nitrogens with two attached hydrogens (primary N) is 1. The van der Waals surface area contributed by atoms with E-state index in [2.05, 4.69) is 0 Å². The molecular weight excluding hydrogens is 128 g/mol. The smallest absolute Gasteiger partial charge is 0.245 e. The van der Waals surface area contributed by atoms with Crippen molar-refractivity contribution in [3.8, 4) is 6.07 Å². The molecule has 0 radical (unpaired) electrons. The third kappa shape index (κ3) is 2.31.